The Morgan fingerprint density at radius 1 is 1.05 bits per heavy atom. The number of aryl methyl sites for hydroxylation is 1. The first kappa shape index (κ1) is 26.9. The van der Waals surface area contributed by atoms with Gasteiger partial charge in [0.05, 0.1) is 41.7 Å². The van der Waals surface area contributed by atoms with Gasteiger partial charge in [-0.05, 0) is 64.0 Å². The molecule has 1 aliphatic heterocycles. The van der Waals surface area contributed by atoms with Crippen LogP contribution in [0.1, 0.15) is 50.4 Å². The highest BCUT2D eigenvalue weighted by molar-refractivity contribution is 9.10. The largest absolute Gasteiger partial charge is 0.490 e. The summed E-state index contributed by atoms with van der Waals surface area (Å²) in [6, 6.07) is 10.9. The first-order chi connectivity index (χ1) is 17.8. The molecule has 0 amide bonds. The molecule has 0 aliphatic carbocycles. The van der Waals surface area contributed by atoms with E-state index in [0.29, 0.717) is 45.3 Å². The first-order valence-corrected chi connectivity index (χ1v) is 13.7. The first-order valence-electron chi connectivity index (χ1n) is 12.1. The monoisotopic (exact) mass is 584 g/mol. The average molecular weight is 586 g/mol. The summed E-state index contributed by atoms with van der Waals surface area (Å²) in [7, 11) is 0. The minimum absolute atomic E-state index is 0.231. The van der Waals surface area contributed by atoms with Crippen molar-refractivity contribution in [1.29, 1.82) is 0 Å². The third-order valence-corrected chi connectivity index (χ3v) is 7.53. The number of aromatic nitrogens is 1. The maximum absolute atomic E-state index is 13.8. The Kier molecular flexibility index (Phi) is 8.34. The molecule has 0 bridgehead atoms. The van der Waals surface area contributed by atoms with Gasteiger partial charge in [0, 0.05) is 4.47 Å². The van der Waals surface area contributed by atoms with Crippen LogP contribution in [-0.2, 0) is 9.53 Å². The molecule has 1 aromatic heterocycles. The van der Waals surface area contributed by atoms with Crippen molar-refractivity contribution in [3.8, 4) is 11.5 Å². The smallest absolute Gasteiger partial charge is 0.338 e. The molecule has 0 saturated carbocycles. The van der Waals surface area contributed by atoms with Crippen LogP contribution in [0.3, 0.4) is 0 Å². The Morgan fingerprint density at radius 2 is 1.70 bits per heavy atom. The molecule has 0 radical (unpaired) electrons. The van der Waals surface area contributed by atoms with E-state index in [-0.39, 0.29) is 12.2 Å². The fourth-order valence-electron chi connectivity index (χ4n) is 4.19. The average Bonchev–Trinajstić information content (AvgIpc) is 3.16. The number of fused-ring (bicyclic) bond motifs is 1. The number of ether oxygens (including phenoxy) is 3. The topological polar surface area (TPSA) is 79.1 Å². The molecule has 1 atom stereocenters. The lowest BCUT2D eigenvalue weighted by Gasteiger charge is -2.24. The van der Waals surface area contributed by atoms with E-state index in [0.717, 1.165) is 21.2 Å². The number of carbonyl (C=O) groups is 1. The van der Waals surface area contributed by atoms with E-state index in [2.05, 4.69) is 20.9 Å². The molecule has 7 nitrogen and oxygen atoms in total. The molecule has 194 valence electrons. The van der Waals surface area contributed by atoms with E-state index in [4.69, 9.17) is 14.2 Å². The molecule has 0 saturated heterocycles. The van der Waals surface area contributed by atoms with Gasteiger partial charge in [-0.15, -0.1) is 0 Å². The molecule has 2 aromatic carbocycles. The lowest BCUT2D eigenvalue weighted by Crippen LogP contribution is -2.39. The highest BCUT2D eigenvalue weighted by atomic mass is 79.9. The molecule has 0 N–H and O–H groups in total. The summed E-state index contributed by atoms with van der Waals surface area (Å²) in [5.41, 5.74) is 3.34. The van der Waals surface area contributed by atoms with Crippen LogP contribution >= 0.6 is 27.3 Å². The predicted octanol–water partition coefficient (Wildman–Crippen LogP) is 4.67. The van der Waals surface area contributed by atoms with Crippen LogP contribution in [-0.4, -0.2) is 30.4 Å². The summed E-state index contributed by atoms with van der Waals surface area (Å²) < 4.78 is 19.7. The van der Waals surface area contributed by atoms with Crippen molar-refractivity contribution in [2.45, 2.75) is 40.7 Å². The summed E-state index contributed by atoms with van der Waals surface area (Å²) in [5, 5.41) is 0. The summed E-state index contributed by atoms with van der Waals surface area (Å²) >= 11 is 4.88. The maximum atomic E-state index is 13.8. The van der Waals surface area contributed by atoms with Crippen molar-refractivity contribution >= 4 is 39.3 Å². The number of halogens is 1. The van der Waals surface area contributed by atoms with E-state index in [1.54, 1.807) is 18.4 Å². The fraction of sp³-hybridized carbons (Fsp3) is 0.321. The van der Waals surface area contributed by atoms with Gasteiger partial charge in [0.25, 0.3) is 5.56 Å². The van der Waals surface area contributed by atoms with Crippen molar-refractivity contribution in [3.05, 3.63) is 88.5 Å². The number of esters is 1. The summed E-state index contributed by atoms with van der Waals surface area (Å²) in [6.07, 6.45) is 1.81. The number of benzene rings is 2. The van der Waals surface area contributed by atoms with Crippen molar-refractivity contribution in [1.82, 2.24) is 4.57 Å². The number of hydrogen-bond acceptors (Lipinski definition) is 7. The quantitative estimate of drug-likeness (QED) is 0.360. The third kappa shape index (κ3) is 5.43. The number of rotatable bonds is 8. The van der Waals surface area contributed by atoms with Crippen LogP contribution in [0.25, 0.3) is 6.08 Å². The summed E-state index contributed by atoms with van der Waals surface area (Å²) in [6.45, 7) is 10.6. The lowest BCUT2D eigenvalue weighted by molar-refractivity contribution is -0.139. The Bertz CT molecular complexity index is 1540. The Hall–Kier alpha value is -3.17. The number of hydrogen-bond donors (Lipinski definition) is 0. The maximum Gasteiger partial charge on any atom is 0.338 e. The third-order valence-electron chi connectivity index (χ3n) is 5.86. The normalized spacial score (nSPS) is 15.3. The standard InChI is InChI=1S/C28H29BrN2O5S/c1-6-34-21-13-19(20(29)15-22(21)35-7-2)14-23-26(32)31-25(18-11-9-16(4)10-12-18)24(27(33)36-8-3)17(5)30-28(31)37-23/h9-15,25H,6-8H2,1-5H3/b23-14+/t25-/m1/s1. The molecule has 37 heavy (non-hydrogen) atoms. The van der Waals surface area contributed by atoms with Crippen LogP contribution in [0, 0.1) is 6.92 Å². The molecule has 0 unspecified atom stereocenters. The second-order valence-corrected chi connectivity index (χ2v) is 10.3. The van der Waals surface area contributed by atoms with Gasteiger partial charge >= 0.3 is 5.97 Å². The molecule has 9 heteroatoms. The highest BCUT2D eigenvalue weighted by Gasteiger charge is 2.33. The molecule has 3 aromatic rings. The van der Waals surface area contributed by atoms with Crippen LogP contribution in [0.15, 0.2) is 61.9 Å². The lowest BCUT2D eigenvalue weighted by atomic mass is 9.95. The zero-order valence-corrected chi connectivity index (χ0v) is 23.9. The fourth-order valence-corrected chi connectivity index (χ4v) is 5.67. The van der Waals surface area contributed by atoms with Gasteiger partial charge in [-0.3, -0.25) is 9.36 Å². The van der Waals surface area contributed by atoms with E-state index < -0.39 is 12.0 Å². The Balaban J connectivity index is 1.92. The summed E-state index contributed by atoms with van der Waals surface area (Å²) in [4.78, 5) is 32.0. The van der Waals surface area contributed by atoms with Gasteiger partial charge in [0.1, 0.15) is 0 Å². The Morgan fingerprint density at radius 3 is 2.32 bits per heavy atom. The Labute approximate surface area is 227 Å². The highest BCUT2D eigenvalue weighted by Crippen LogP contribution is 2.34. The number of carbonyl (C=O) groups excluding carboxylic acids is 1. The van der Waals surface area contributed by atoms with Crippen molar-refractivity contribution < 1.29 is 19.0 Å². The molecule has 4 rings (SSSR count). The zero-order chi connectivity index (χ0) is 26.7. The molecular weight excluding hydrogens is 556 g/mol. The molecule has 0 spiro atoms. The van der Waals surface area contributed by atoms with Crippen LogP contribution < -0.4 is 24.4 Å². The van der Waals surface area contributed by atoms with Crippen LogP contribution in [0.5, 0.6) is 11.5 Å². The SMILES string of the molecule is CCOC(=O)C1=C(C)N=c2s/c(=C/c3cc(OCC)c(OCC)cc3Br)c(=O)n2[C@@H]1c1ccc(C)cc1. The van der Waals surface area contributed by atoms with E-state index in [1.807, 2.05) is 63.2 Å². The minimum atomic E-state index is -0.638. The van der Waals surface area contributed by atoms with E-state index in [1.165, 1.54) is 11.3 Å². The number of allylic oxidation sites excluding steroid dienone is 1. The number of thiazole rings is 1. The molecule has 1 aliphatic rings. The van der Waals surface area contributed by atoms with Crippen LogP contribution in [0.2, 0.25) is 0 Å². The van der Waals surface area contributed by atoms with E-state index in [9.17, 15) is 9.59 Å². The molecular formula is C28H29BrN2O5S. The second kappa shape index (κ2) is 11.5. The van der Waals surface area contributed by atoms with Crippen molar-refractivity contribution in [3.63, 3.8) is 0 Å². The zero-order valence-electron chi connectivity index (χ0n) is 21.5. The predicted molar refractivity (Wildman–Crippen MR) is 148 cm³/mol. The minimum Gasteiger partial charge on any atom is -0.490 e. The van der Waals surface area contributed by atoms with Gasteiger partial charge in [-0.25, -0.2) is 9.79 Å². The number of nitrogens with zero attached hydrogens (tertiary/aromatic N) is 2. The second-order valence-electron chi connectivity index (χ2n) is 8.40. The van der Waals surface area contributed by atoms with E-state index >= 15 is 0 Å². The van der Waals surface area contributed by atoms with Gasteiger partial charge in [0.15, 0.2) is 16.3 Å². The van der Waals surface area contributed by atoms with Crippen molar-refractivity contribution in [2.24, 2.45) is 4.99 Å². The molecule has 0 fully saturated rings. The van der Waals surface area contributed by atoms with Gasteiger partial charge in [-0.1, -0.05) is 57.1 Å². The molecule has 2 heterocycles. The van der Waals surface area contributed by atoms with Gasteiger partial charge in [0.2, 0.25) is 0 Å². The van der Waals surface area contributed by atoms with Crippen LogP contribution in [0.4, 0.5) is 0 Å². The summed E-state index contributed by atoms with van der Waals surface area (Å²) in [5.74, 6) is 0.757. The van der Waals surface area contributed by atoms with Crippen molar-refractivity contribution in [2.75, 3.05) is 19.8 Å². The van der Waals surface area contributed by atoms with Gasteiger partial charge < -0.3 is 14.2 Å². The van der Waals surface area contributed by atoms with Gasteiger partial charge in [-0.2, -0.15) is 0 Å².